The van der Waals surface area contributed by atoms with E-state index in [9.17, 15) is 9.59 Å². The van der Waals surface area contributed by atoms with Crippen molar-refractivity contribution in [1.29, 1.82) is 0 Å². The van der Waals surface area contributed by atoms with Crippen LogP contribution in [0.3, 0.4) is 0 Å². The fourth-order valence-electron chi connectivity index (χ4n) is 2.24. The van der Waals surface area contributed by atoms with Crippen LogP contribution in [-0.4, -0.2) is 31.9 Å². The second-order valence-corrected chi connectivity index (χ2v) is 12.2. The molecular formula is C17H21NO3Si. The standard InChI is InChI=1S/C17H21NO3Si/c1-21-17(20)13-7-9-18-15-6-5-12(11-14(13)15)16(19)8-10-22(2,3)4/h5-7,9,11H,8,10H2,1-4H3. The largest absolute Gasteiger partial charge is 0.465 e. The Balaban J connectivity index is 2.37. The molecule has 0 atom stereocenters. The molecule has 0 amide bonds. The number of hydrogen-bond acceptors (Lipinski definition) is 4. The number of nitrogens with zero attached hydrogens (tertiary/aromatic N) is 1. The summed E-state index contributed by atoms with van der Waals surface area (Å²) in [5.74, 6) is -0.303. The lowest BCUT2D eigenvalue weighted by molar-refractivity contribution is 0.0602. The second-order valence-electron chi connectivity index (χ2n) is 6.57. The molecule has 0 saturated carbocycles. The molecule has 0 N–H and O–H groups in total. The van der Waals surface area contributed by atoms with Gasteiger partial charge < -0.3 is 4.74 Å². The molecule has 0 saturated heterocycles. The van der Waals surface area contributed by atoms with Gasteiger partial charge in [0.05, 0.1) is 18.2 Å². The van der Waals surface area contributed by atoms with Crippen LogP contribution in [0.25, 0.3) is 10.9 Å². The van der Waals surface area contributed by atoms with Crippen LogP contribution in [-0.2, 0) is 4.74 Å². The number of fused-ring (bicyclic) bond motifs is 1. The predicted molar refractivity (Wildman–Crippen MR) is 90.2 cm³/mol. The van der Waals surface area contributed by atoms with Crippen LogP contribution < -0.4 is 0 Å². The van der Waals surface area contributed by atoms with Crippen LogP contribution in [0.1, 0.15) is 27.1 Å². The molecule has 0 aliphatic heterocycles. The average molecular weight is 315 g/mol. The number of pyridine rings is 1. The monoisotopic (exact) mass is 315 g/mol. The van der Waals surface area contributed by atoms with E-state index >= 15 is 0 Å². The van der Waals surface area contributed by atoms with E-state index in [1.54, 1.807) is 30.5 Å². The fourth-order valence-corrected chi connectivity index (χ4v) is 3.22. The Bertz CT molecular complexity index is 719. The first-order valence-corrected chi connectivity index (χ1v) is 11.0. The van der Waals surface area contributed by atoms with E-state index in [0.717, 1.165) is 6.04 Å². The van der Waals surface area contributed by atoms with Crippen molar-refractivity contribution < 1.29 is 14.3 Å². The quantitative estimate of drug-likeness (QED) is 0.476. The molecule has 1 aromatic carbocycles. The molecular weight excluding hydrogens is 294 g/mol. The summed E-state index contributed by atoms with van der Waals surface area (Å²) in [5, 5.41) is 0.660. The molecule has 0 bridgehead atoms. The van der Waals surface area contributed by atoms with Gasteiger partial charge in [0.2, 0.25) is 0 Å². The molecule has 0 unspecified atom stereocenters. The van der Waals surface area contributed by atoms with Crippen LogP contribution in [0.2, 0.25) is 25.7 Å². The maximum atomic E-state index is 12.4. The number of benzene rings is 1. The van der Waals surface area contributed by atoms with Gasteiger partial charge in [-0.15, -0.1) is 0 Å². The van der Waals surface area contributed by atoms with Gasteiger partial charge in [0.15, 0.2) is 5.78 Å². The highest BCUT2D eigenvalue weighted by Crippen LogP contribution is 2.21. The predicted octanol–water partition coefficient (Wildman–Crippen LogP) is 3.93. The van der Waals surface area contributed by atoms with Crippen molar-refractivity contribution >= 4 is 30.7 Å². The lowest BCUT2D eigenvalue weighted by Crippen LogP contribution is -2.20. The number of aromatic nitrogens is 1. The van der Waals surface area contributed by atoms with Gasteiger partial charge in [-0.05, 0) is 24.3 Å². The summed E-state index contributed by atoms with van der Waals surface area (Å²) >= 11 is 0. The van der Waals surface area contributed by atoms with Crippen molar-refractivity contribution in [3.8, 4) is 0 Å². The highest BCUT2D eigenvalue weighted by Gasteiger charge is 2.17. The highest BCUT2D eigenvalue weighted by atomic mass is 28.3. The van der Waals surface area contributed by atoms with Gasteiger partial charge in [0.25, 0.3) is 0 Å². The maximum absolute atomic E-state index is 12.4. The molecule has 2 rings (SSSR count). The summed E-state index contributed by atoms with van der Waals surface area (Å²) in [7, 11) is 0.0964. The van der Waals surface area contributed by atoms with E-state index in [1.807, 2.05) is 0 Å². The minimum absolute atomic E-state index is 0.115. The summed E-state index contributed by atoms with van der Waals surface area (Å²) in [5.41, 5.74) is 1.75. The van der Waals surface area contributed by atoms with E-state index in [1.165, 1.54) is 7.11 Å². The number of methoxy groups -OCH3 is 1. The van der Waals surface area contributed by atoms with Crippen LogP contribution >= 0.6 is 0 Å². The van der Waals surface area contributed by atoms with E-state index in [-0.39, 0.29) is 5.78 Å². The van der Waals surface area contributed by atoms with Crippen LogP contribution in [0, 0.1) is 0 Å². The number of esters is 1. The Morgan fingerprint density at radius 3 is 2.55 bits per heavy atom. The summed E-state index contributed by atoms with van der Waals surface area (Å²) in [6, 6.07) is 7.89. The Kier molecular flexibility index (Phi) is 4.76. The van der Waals surface area contributed by atoms with Crippen molar-refractivity contribution in [3.05, 3.63) is 41.6 Å². The van der Waals surface area contributed by atoms with Crippen LogP contribution in [0.15, 0.2) is 30.5 Å². The van der Waals surface area contributed by atoms with Crippen molar-refractivity contribution in [3.63, 3.8) is 0 Å². The van der Waals surface area contributed by atoms with E-state index in [0.29, 0.717) is 28.5 Å². The second kappa shape index (κ2) is 6.40. The summed E-state index contributed by atoms with van der Waals surface area (Å²) in [4.78, 5) is 28.4. The number of rotatable bonds is 5. The molecule has 5 heteroatoms. The smallest absolute Gasteiger partial charge is 0.338 e. The average Bonchev–Trinajstić information content (AvgIpc) is 2.50. The minimum Gasteiger partial charge on any atom is -0.465 e. The first-order chi connectivity index (χ1) is 10.3. The topological polar surface area (TPSA) is 56.3 Å². The number of ketones is 1. The molecule has 22 heavy (non-hydrogen) atoms. The van der Waals surface area contributed by atoms with Gasteiger partial charge in [0.1, 0.15) is 0 Å². The summed E-state index contributed by atoms with van der Waals surface area (Å²) < 4.78 is 4.79. The molecule has 116 valence electrons. The molecule has 1 heterocycles. The zero-order valence-corrected chi connectivity index (χ0v) is 14.5. The third-order valence-electron chi connectivity index (χ3n) is 3.57. The van der Waals surface area contributed by atoms with Crippen LogP contribution in [0.4, 0.5) is 0 Å². The van der Waals surface area contributed by atoms with E-state index < -0.39 is 14.0 Å². The van der Waals surface area contributed by atoms with Crippen molar-refractivity contribution in [2.45, 2.75) is 32.1 Å². The molecule has 1 aromatic heterocycles. The molecule has 0 aliphatic carbocycles. The molecule has 0 spiro atoms. The Hall–Kier alpha value is -2.01. The number of carbonyl (C=O) groups is 2. The van der Waals surface area contributed by atoms with Gasteiger partial charge in [-0.3, -0.25) is 9.78 Å². The fraction of sp³-hybridized carbons (Fsp3) is 0.353. The number of ether oxygens (including phenoxy) is 1. The number of Topliss-reactive ketones (excluding diaryl/α,β-unsaturated/α-hetero) is 1. The number of carbonyl (C=O) groups excluding carboxylic acids is 2. The SMILES string of the molecule is COC(=O)c1ccnc2ccc(C(=O)CC[Si](C)(C)C)cc12. The van der Waals surface area contributed by atoms with Gasteiger partial charge >= 0.3 is 5.97 Å². The zero-order chi connectivity index (χ0) is 16.3. The minimum atomic E-state index is -1.25. The lowest BCUT2D eigenvalue weighted by Gasteiger charge is -2.14. The van der Waals surface area contributed by atoms with Gasteiger partial charge in [-0.2, -0.15) is 0 Å². The Morgan fingerprint density at radius 2 is 1.91 bits per heavy atom. The number of hydrogen-bond donors (Lipinski definition) is 0. The van der Waals surface area contributed by atoms with Crippen LogP contribution in [0.5, 0.6) is 0 Å². The Morgan fingerprint density at radius 1 is 1.18 bits per heavy atom. The molecule has 0 fully saturated rings. The third-order valence-corrected chi connectivity index (χ3v) is 5.32. The normalized spacial score (nSPS) is 11.5. The maximum Gasteiger partial charge on any atom is 0.338 e. The summed E-state index contributed by atoms with van der Waals surface area (Å²) in [6.07, 6.45) is 2.12. The lowest BCUT2D eigenvalue weighted by atomic mass is 10.0. The molecule has 2 aromatic rings. The van der Waals surface area contributed by atoms with Gasteiger partial charge in [-0.1, -0.05) is 25.7 Å². The van der Waals surface area contributed by atoms with Gasteiger partial charge in [0, 0.05) is 31.6 Å². The summed E-state index contributed by atoms with van der Waals surface area (Å²) in [6.45, 7) is 6.75. The first-order valence-electron chi connectivity index (χ1n) is 7.32. The molecule has 0 aliphatic rings. The van der Waals surface area contributed by atoms with Crippen molar-refractivity contribution in [2.24, 2.45) is 0 Å². The van der Waals surface area contributed by atoms with Gasteiger partial charge in [-0.25, -0.2) is 4.79 Å². The van der Waals surface area contributed by atoms with Crippen molar-refractivity contribution in [1.82, 2.24) is 4.98 Å². The Labute approximate surface area is 131 Å². The molecule has 0 radical (unpaired) electrons. The molecule has 4 nitrogen and oxygen atoms in total. The third kappa shape index (κ3) is 3.79. The first kappa shape index (κ1) is 16.4. The van der Waals surface area contributed by atoms with E-state index in [2.05, 4.69) is 24.6 Å². The highest BCUT2D eigenvalue weighted by molar-refractivity contribution is 6.76. The zero-order valence-electron chi connectivity index (χ0n) is 13.5. The van der Waals surface area contributed by atoms with E-state index in [4.69, 9.17) is 4.74 Å². The van der Waals surface area contributed by atoms with Crippen molar-refractivity contribution in [2.75, 3.05) is 7.11 Å².